The molecule has 96 valence electrons. The first kappa shape index (κ1) is 13.0. The number of benzene rings is 1. The van der Waals surface area contributed by atoms with E-state index in [0.717, 1.165) is 17.0 Å². The zero-order valence-electron chi connectivity index (χ0n) is 9.04. The van der Waals surface area contributed by atoms with Crippen LogP contribution < -0.4 is 5.73 Å². The molecule has 6 heteroatoms. The monoisotopic (exact) mass is 275 g/mol. The average Bonchev–Trinajstić information content (AvgIpc) is 2.79. The van der Waals surface area contributed by atoms with E-state index in [0.29, 0.717) is 5.56 Å². The van der Waals surface area contributed by atoms with Crippen LogP contribution in [0.1, 0.15) is 22.0 Å². The molecule has 1 aromatic heterocycles. The van der Waals surface area contributed by atoms with Gasteiger partial charge < -0.3 is 5.73 Å². The molecule has 1 aromatic carbocycles. The van der Waals surface area contributed by atoms with Crippen LogP contribution in [-0.2, 0) is 6.18 Å². The van der Waals surface area contributed by atoms with Crippen molar-refractivity contribution in [3.63, 3.8) is 0 Å². The smallest absolute Gasteiger partial charge is 0.320 e. The predicted molar refractivity (Wildman–Crippen MR) is 61.8 cm³/mol. The molecule has 2 aromatic rings. The van der Waals surface area contributed by atoms with Crippen molar-refractivity contribution < 1.29 is 17.6 Å². The van der Waals surface area contributed by atoms with Crippen LogP contribution in [0, 0.1) is 5.82 Å². The second-order valence-electron chi connectivity index (χ2n) is 3.73. The molecule has 0 aliphatic carbocycles. The van der Waals surface area contributed by atoms with E-state index in [1.54, 1.807) is 17.5 Å². The van der Waals surface area contributed by atoms with Gasteiger partial charge in [0.05, 0.1) is 11.6 Å². The number of rotatable bonds is 2. The SMILES string of the molecule is N[C@H](c1ccc(C(F)(F)F)c(F)c1)c1cccs1. The number of hydrogen-bond donors (Lipinski definition) is 1. The lowest BCUT2D eigenvalue weighted by atomic mass is 10.0. The summed E-state index contributed by atoms with van der Waals surface area (Å²) < 4.78 is 50.5. The number of alkyl halides is 3. The summed E-state index contributed by atoms with van der Waals surface area (Å²) in [4.78, 5) is 0.772. The van der Waals surface area contributed by atoms with Gasteiger partial charge in [0.15, 0.2) is 0 Å². The van der Waals surface area contributed by atoms with Crippen LogP contribution in [0.2, 0.25) is 0 Å². The Balaban J connectivity index is 2.35. The summed E-state index contributed by atoms with van der Waals surface area (Å²) in [6.07, 6.45) is -4.68. The quantitative estimate of drug-likeness (QED) is 0.825. The second-order valence-corrected chi connectivity index (χ2v) is 4.71. The Labute approximate surface area is 105 Å². The largest absolute Gasteiger partial charge is 0.419 e. The van der Waals surface area contributed by atoms with E-state index >= 15 is 0 Å². The topological polar surface area (TPSA) is 26.0 Å². The number of nitrogens with two attached hydrogens (primary N) is 1. The van der Waals surface area contributed by atoms with Gasteiger partial charge >= 0.3 is 6.18 Å². The molecule has 0 saturated heterocycles. The van der Waals surface area contributed by atoms with Crippen LogP contribution in [0.15, 0.2) is 35.7 Å². The third-order valence-corrected chi connectivity index (χ3v) is 3.46. The summed E-state index contributed by atoms with van der Waals surface area (Å²) in [5.41, 5.74) is 4.90. The van der Waals surface area contributed by atoms with Gasteiger partial charge in [0.25, 0.3) is 0 Å². The molecule has 0 aliphatic rings. The molecular weight excluding hydrogens is 266 g/mol. The molecule has 0 bridgehead atoms. The minimum Gasteiger partial charge on any atom is -0.320 e. The van der Waals surface area contributed by atoms with Gasteiger partial charge in [0.2, 0.25) is 0 Å². The summed E-state index contributed by atoms with van der Waals surface area (Å²) in [6, 6.07) is 5.69. The predicted octanol–water partition coefficient (Wildman–Crippen LogP) is 3.95. The van der Waals surface area contributed by atoms with Crippen molar-refractivity contribution in [2.45, 2.75) is 12.2 Å². The summed E-state index contributed by atoms with van der Waals surface area (Å²) in [7, 11) is 0. The second kappa shape index (κ2) is 4.70. The van der Waals surface area contributed by atoms with Crippen molar-refractivity contribution in [1.29, 1.82) is 0 Å². The molecule has 0 aliphatic heterocycles. The van der Waals surface area contributed by atoms with Crippen LogP contribution in [0.3, 0.4) is 0 Å². The molecule has 0 radical (unpaired) electrons. The van der Waals surface area contributed by atoms with Crippen molar-refractivity contribution in [3.8, 4) is 0 Å². The van der Waals surface area contributed by atoms with Crippen LogP contribution in [-0.4, -0.2) is 0 Å². The number of thiophene rings is 1. The van der Waals surface area contributed by atoms with Crippen molar-refractivity contribution in [1.82, 2.24) is 0 Å². The fraction of sp³-hybridized carbons (Fsp3) is 0.167. The highest BCUT2D eigenvalue weighted by Gasteiger charge is 2.34. The highest BCUT2D eigenvalue weighted by Crippen LogP contribution is 2.33. The number of hydrogen-bond acceptors (Lipinski definition) is 2. The zero-order valence-corrected chi connectivity index (χ0v) is 9.86. The van der Waals surface area contributed by atoms with Crippen LogP contribution in [0.4, 0.5) is 17.6 Å². The Kier molecular flexibility index (Phi) is 3.41. The molecular formula is C12H9F4NS. The maximum atomic E-state index is 13.4. The van der Waals surface area contributed by atoms with Gasteiger partial charge in [-0.1, -0.05) is 12.1 Å². The molecule has 2 N–H and O–H groups in total. The van der Waals surface area contributed by atoms with Crippen molar-refractivity contribution >= 4 is 11.3 Å². The first-order chi connectivity index (χ1) is 8.39. The molecule has 1 heterocycles. The van der Waals surface area contributed by atoms with E-state index in [2.05, 4.69) is 0 Å². The fourth-order valence-corrected chi connectivity index (χ4v) is 2.34. The molecule has 0 unspecified atom stereocenters. The molecule has 0 saturated carbocycles. The minimum absolute atomic E-state index is 0.322. The molecule has 1 nitrogen and oxygen atoms in total. The van der Waals surface area contributed by atoms with Gasteiger partial charge in [0, 0.05) is 4.88 Å². The van der Waals surface area contributed by atoms with Gasteiger partial charge in [-0.25, -0.2) is 4.39 Å². The number of halogens is 4. The summed E-state index contributed by atoms with van der Waals surface area (Å²) in [6.45, 7) is 0. The van der Waals surface area contributed by atoms with E-state index in [1.807, 2.05) is 0 Å². The zero-order chi connectivity index (χ0) is 13.3. The van der Waals surface area contributed by atoms with Crippen molar-refractivity contribution in [2.75, 3.05) is 0 Å². The molecule has 0 fully saturated rings. The highest BCUT2D eigenvalue weighted by molar-refractivity contribution is 7.10. The summed E-state index contributed by atoms with van der Waals surface area (Å²) >= 11 is 1.37. The van der Waals surface area contributed by atoms with Crippen molar-refractivity contribution in [3.05, 3.63) is 57.5 Å². The normalized spacial score (nSPS) is 13.6. The van der Waals surface area contributed by atoms with Gasteiger partial charge in [-0.3, -0.25) is 0 Å². The first-order valence-corrected chi connectivity index (χ1v) is 5.93. The summed E-state index contributed by atoms with van der Waals surface area (Å²) in [5, 5.41) is 1.80. The van der Waals surface area contributed by atoms with Gasteiger partial charge in [-0.2, -0.15) is 13.2 Å². The molecule has 0 spiro atoms. The maximum Gasteiger partial charge on any atom is 0.419 e. The Bertz CT molecular complexity index is 534. The lowest BCUT2D eigenvalue weighted by Gasteiger charge is -2.13. The van der Waals surface area contributed by atoms with Gasteiger partial charge in [0.1, 0.15) is 5.82 Å². The Morgan fingerprint density at radius 3 is 2.39 bits per heavy atom. The van der Waals surface area contributed by atoms with E-state index in [9.17, 15) is 17.6 Å². The lowest BCUT2D eigenvalue weighted by Crippen LogP contribution is -2.13. The van der Waals surface area contributed by atoms with Crippen LogP contribution in [0.25, 0.3) is 0 Å². The fourth-order valence-electron chi connectivity index (χ4n) is 1.59. The maximum absolute atomic E-state index is 13.4. The van der Waals surface area contributed by atoms with Crippen LogP contribution >= 0.6 is 11.3 Å². The van der Waals surface area contributed by atoms with Crippen LogP contribution in [0.5, 0.6) is 0 Å². The minimum atomic E-state index is -4.68. The first-order valence-electron chi connectivity index (χ1n) is 5.05. The standard InChI is InChI=1S/C12H9F4NS/c13-9-6-7(3-4-8(9)12(14,15)16)11(17)10-2-1-5-18-10/h1-6,11H,17H2/t11-/m1/s1. The van der Waals surface area contributed by atoms with Gasteiger partial charge in [-0.15, -0.1) is 11.3 Å². The van der Waals surface area contributed by atoms with Crippen molar-refractivity contribution in [2.24, 2.45) is 5.73 Å². The van der Waals surface area contributed by atoms with E-state index in [4.69, 9.17) is 5.73 Å². The molecule has 18 heavy (non-hydrogen) atoms. The van der Waals surface area contributed by atoms with E-state index in [-0.39, 0.29) is 0 Å². The summed E-state index contributed by atoms with van der Waals surface area (Å²) in [5.74, 6) is -1.30. The Morgan fingerprint density at radius 2 is 1.89 bits per heavy atom. The van der Waals surface area contributed by atoms with E-state index in [1.165, 1.54) is 17.4 Å². The Morgan fingerprint density at radius 1 is 1.17 bits per heavy atom. The molecule has 0 amide bonds. The molecule has 2 rings (SSSR count). The molecule has 1 atom stereocenters. The van der Waals surface area contributed by atoms with Gasteiger partial charge in [-0.05, 0) is 29.1 Å². The third kappa shape index (κ3) is 2.54. The Hall–Kier alpha value is -1.40. The lowest BCUT2D eigenvalue weighted by molar-refractivity contribution is -0.140. The average molecular weight is 275 g/mol. The third-order valence-electron chi connectivity index (χ3n) is 2.51. The highest BCUT2D eigenvalue weighted by atomic mass is 32.1. The van der Waals surface area contributed by atoms with E-state index < -0.39 is 23.6 Å².